The van der Waals surface area contributed by atoms with Gasteiger partial charge in [0.2, 0.25) is 0 Å². The van der Waals surface area contributed by atoms with Crippen molar-refractivity contribution in [1.82, 2.24) is 4.90 Å². The molecule has 1 aromatic rings. The number of ether oxygens (including phenoxy) is 1. The van der Waals surface area contributed by atoms with Crippen LogP contribution in [0.3, 0.4) is 0 Å². The monoisotopic (exact) mass is 276 g/mol. The van der Waals surface area contributed by atoms with Gasteiger partial charge in [0, 0.05) is 24.8 Å². The maximum atomic E-state index is 5.92. The Kier molecular flexibility index (Phi) is 5.38. The highest BCUT2D eigenvalue weighted by Crippen LogP contribution is 2.08. The molecular weight excluding hydrogens is 252 g/mol. The van der Waals surface area contributed by atoms with E-state index in [0.29, 0.717) is 18.5 Å². The van der Waals surface area contributed by atoms with Gasteiger partial charge in [-0.15, -0.1) is 0 Å². The van der Waals surface area contributed by atoms with E-state index in [-0.39, 0.29) is 0 Å². The Labute approximate surface area is 120 Å². The van der Waals surface area contributed by atoms with E-state index in [1.165, 1.54) is 5.56 Å². The molecule has 1 heterocycles. The van der Waals surface area contributed by atoms with Crippen molar-refractivity contribution in [1.29, 1.82) is 0 Å². The summed E-state index contributed by atoms with van der Waals surface area (Å²) in [6.45, 7) is 8.50. The summed E-state index contributed by atoms with van der Waals surface area (Å²) in [5.74, 6) is 0.467. The van der Waals surface area contributed by atoms with Crippen LogP contribution < -0.4 is 11.1 Å². The Morgan fingerprint density at radius 1 is 1.35 bits per heavy atom. The molecule has 0 aliphatic carbocycles. The number of rotatable bonds is 4. The molecule has 5 heteroatoms. The van der Waals surface area contributed by atoms with Gasteiger partial charge in [-0.1, -0.05) is 17.7 Å². The van der Waals surface area contributed by atoms with E-state index in [1.54, 1.807) is 0 Å². The lowest BCUT2D eigenvalue weighted by atomic mass is 10.2. The van der Waals surface area contributed by atoms with Crippen molar-refractivity contribution in [3.8, 4) is 0 Å². The predicted molar refractivity (Wildman–Crippen MR) is 83.1 cm³/mol. The van der Waals surface area contributed by atoms with Crippen LogP contribution in [-0.2, 0) is 4.74 Å². The summed E-state index contributed by atoms with van der Waals surface area (Å²) < 4.78 is 5.35. The molecule has 1 aliphatic heterocycles. The smallest absolute Gasteiger partial charge is 0.193 e. The zero-order valence-electron chi connectivity index (χ0n) is 12.3. The summed E-state index contributed by atoms with van der Waals surface area (Å²) in [6.07, 6.45) is 0. The van der Waals surface area contributed by atoms with Crippen molar-refractivity contribution in [2.45, 2.75) is 19.9 Å². The summed E-state index contributed by atoms with van der Waals surface area (Å²) >= 11 is 0. The third-order valence-corrected chi connectivity index (χ3v) is 3.52. The number of hydrogen-bond acceptors (Lipinski definition) is 3. The van der Waals surface area contributed by atoms with E-state index in [0.717, 1.165) is 32.0 Å². The van der Waals surface area contributed by atoms with Gasteiger partial charge in [-0.25, -0.2) is 0 Å². The van der Waals surface area contributed by atoms with Crippen LogP contribution in [0.25, 0.3) is 0 Å². The lowest BCUT2D eigenvalue weighted by Gasteiger charge is -2.31. The van der Waals surface area contributed by atoms with Gasteiger partial charge in [0.05, 0.1) is 19.8 Å². The Balaban J connectivity index is 1.82. The second-order valence-electron chi connectivity index (χ2n) is 5.21. The first-order chi connectivity index (χ1) is 9.65. The summed E-state index contributed by atoms with van der Waals surface area (Å²) in [5.41, 5.74) is 8.11. The van der Waals surface area contributed by atoms with Gasteiger partial charge in [-0.2, -0.15) is 0 Å². The maximum Gasteiger partial charge on any atom is 0.193 e. The largest absolute Gasteiger partial charge is 0.379 e. The highest BCUT2D eigenvalue weighted by Gasteiger charge is 2.16. The molecule has 1 saturated heterocycles. The summed E-state index contributed by atoms with van der Waals surface area (Å²) in [6, 6.07) is 8.49. The molecule has 0 saturated carbocycles. The predicted octanol–water partition coefficient (Wildman–Crippen LogP) is 1.44. The molecule has 1 aliphatic rings. The number of morpholine rings is 1. The zero-order valence-corrected chi connectivity index (χ0v) is 12.3. The van der Waals surface area contributed by atoms with Crippen LogP contribution in [-0.4, -0.2) is 49.7 Å². The minimum absolute atomic E-state index is 0.386. The van der Waals surface area contributed by atoms with Crippen molar-refractivity contribution >= 4 is 11.6 Å². The Morgan fingerprint density at radius 3 is 2.65 bits per heavy atom. The number of guanidine groups is 1. The van der Waals surface area contributed by atoms with Crippen LogP contribution in [0.1, 0.15) is 12.5 Å². The molecule has 20 heavy (non-hydrogen) atoms. The fourth-order valence-corrected chi connectivity index (χ4v) is 2.19. The maximum absolute atomic E-state index is 5.92. The summed E-state index contributed by atoms with van der Waals surface area (Å²) in [5, 5.41) is 3.11. The highest BCUT2D eigenvalue weighted by molar-refractivity contribution is 5.92. The standard InChI is InChI=1S/C15H24N4O/c1-12-3-5-14(6-4-12)18-15(16)17-11-13(2)19-7-9-20-10-8-19/h3-6,13H,7-11H2,1-2H3,(H3,16,17,18). The van der Waals surface area contributed by atoms with Crippen LogP contribution in [0.15, 0.2) is 29.3 Å². The normalized spacial score (nSPS) is 18.8. The van der Waals surface area contributed by atoms with Gasteiger partial charge < -0.3 is 15.8 Å². The highest BCUT2D eigenvalue weighted by atomic mass is 16.5. The number of benzene rings is 1. The molecule has 5 nitrogen and oxygen atoms in total. The Morgan fingerprint density at radius 2 is 2.00 bits per heavy atom. The van der Waals surface area contributed by atoms with Crippen molar-refractivity contribution in [2.75, 3.05) is 38.2 Å². The Hall–Kier alpha value is -1.59. The number of aliphatic imine (C=N–C) groups is 1. The summed E-state index contributed by atoms with van der Waals surface area (Å²) in [4.78, 5) is 6.80. The molecule has 0 amide bonds. The van der Waals surface area contributed by atoms with Gasteiger partial charge in [0.1, 0.15) is 0 Å². The van der Waals surface area contributed by atoms with E-state index < -0.39 is 0 Å². The quantitative estimate of drug-likeness (QED) is 0.645. The van der Waals surface area contributed by atoms with Crippen molar-refractivity contribution < 1.29 is 4.74 Å². The Bertz CT molecular complexity index is 438. The number of nitrogens with two attached hydrogens (primary N) is 1. The first kappa shape index (κ1) is 14.8. The molecule has 110 valence electrons. The van der Waals surface area contributed by atoms with Crippen molar-refractivity contribution in [3.05, 3.63) is 29.8 Å². The van der Waals surface area contributed by atoms with Crippen molar-refractivity contribution in [3.63, 3.8) is 0 Å². The second kappa shape index (κ2) is 7.26. The third kappa shape index (κ3) is 4.51. The fraction of sp³-hybridized carbons (Fsp3) is 0.533. The molecule has 1 unspecified atom stereocenters. The molecule has 0 aromatic heterocycles. The lowest BCUT2D eigenvalue weighted by Crippen LogP contribution is -2.43. The molecule has 0 bridgehead atoms. The summed E-state index contributed by atoms with van der Waals surface area (Å²) in [7, 11) is 0. The molecular formula is C15H24N4O. The number of nitrogens with one attached hydrogen (secondary N) is 1. The minimum atomic E-state index is 0.386. The molecule has 1 fully saturated rings. The number of nitrogens with zero attached hydrogens (tertiary/aromatic N) is 2. The molecule has 1 atom stereocenters. The van der Waals surface area contributed by atoms with Gasteiger partial charge in [0.25, 0.3) is 0 Å². The second-order valence-corrected chi connectivity index (χ2v) is 5.21. The van der Waals surface area contributed by atoms with Crippen LogP contribution in [0.4, 0.5) is 5.69 Å². The zero-order chi connectivity index (χ0) is 14.4. The van der Waals surface area contributed by atoms with E-state index in [1.807, 2.05) is 24.3 Å². The van der Waals surface area contributed by atoms with Crippen LogP contribution in [0.2, 0.25) is 0 Å². The molecule has 0 spiro atoms. The van der Waals surface area contributed by atoms with Crippen molar-refractivity contribution in [2.24, 2.45) is 10.7 Å². The van der Waals surface area contributed by atoms with Gasteiger partial charge >= 0.3 is 0 Å². The van der Waals surface area contributed by atoms with Crippen LogP contribution in [0.5, 0.6) is 0 Å². The molecule has 1 aromatic carbocycles. The van der Waals surface area contributed by atoms with Gasteiger partial charge in [-0.05, 0) is 26.0 Å². The molecule has 3 N–H and O–H groups in total. The van der Waals surface area contributed by atoms with E-state index in [2.05, 4.69) is 29.1 Å². The van der Waals surface area contributed by atoms with E-state index >= 15 is 0 Å². The first-order valence-corrected chi connectivity index (χ1v) is 7.10. The first-order valence-electron chi connectivity index (χ1n) is 7.10. The van der Waals surface area contributed by atoms with E-state index in [9.17, 15) is 0 Å². The molecule has 2 rings (SSSR count). The van der Waals surface area contributed by atoms with E-state index in [4.69, 9.17) is 10.5 Å². The average Bonchev–Trinajstić information content (AvgIpc) is 2.48. The topological polar surface area (TPSA) is 62.9 Å². The minimum Gasteiger partial charge on any atom is -0.379 e. The number of aryl methyl sites for hydroxylation is 1. The fourth-order valence-electron chi connectivity index (χ4n) is 2.19. The lowest BCUT2D eigenvalue weighted by molar-refractivity contribution is 0.0221. The van der Waals surface area contributed by atoms with Gasteiger partial charge in [0.15, 0.2) is 5.96 Å². The number of anilines is 1. The third-order valence-electron chi connectivity index (χ3n) is 3.52. The SMILES string of the molecule is Cc1ccc(NC(N)=NCC(C)N2CCOCC2)cc1. The van der Waals surface area contributed by atoms with Gasteiger partial charge in [-0.3, -0.25) is 9.89 Å². The molecule has 0 radical (unpaired) electrons. The average molecular weight is 276 g/mol. The van der Waals surface area contributed by atoms with Crippen LogP contribution >= 0.6 is 0 Å². The van der Waals surface area contributed by atoms with Crippen LogP contribution in [0, 0.1) is 6.92 Å². The number of hydrogen-bond donors (Lipinski definition) is 2.